The van der Waals surface area contributed by atoms with E-state index in [2.05, 4.69) is 44.5 Å². The maximum Gasteiger partial charge on any atom is 0.287 e. The number of aromatic nitrogens is 1. The van der Waals surface area contributed by atoms with Gasteiger partial charge in [0, 0.05) is 18.7 Å². The molecule has 0 unspecified atom stereocenters. The number of nitrogens with zero attached hydrogens (tertiary/aromatic N) is 3. The van der Waals surface area contributed by atoms with Gasteiger partial charge in [0.1, 0.15) is 12.0 Å². The number of pyridine rings is 1. The molecule has 5 heteroatoms. The molecule has 0 saturated heterocycles. The first kappa shape index (κ1) is 19.4. The van der Waals surface area contributed by atoms with E-state index in [1.54, 1.807) is 12.1 Å². The third-order valence-electron chi connectivity index (χ3n) is 4.02. The molecule has 0 spiro atoms. The van der Waals surface area contributed by atoms with E-state index in [9.17, 15) is 10.1 Å². The Balaban J connectivity index is 3.02. The quantitative estimate of drug-likeness (QED) is 0.463. The van der Waals surface area contributed by atoms with E-state index in [4.69, 9.17) is 0 Å². The molecule has 130 valence electrons. The Morgan fingerprint density at radius 2 is 1.83 bits per heavy atom. The highest BCUT2D eigenvalue weighted by atomic mass is 16.6. The van der Waals surface area contributed by atoms with Crippen molar-refractivity contribution >= 4 is 11.5 Å². The van der Waals surface area contributed by atoms with Gasteiger partial charge in [-0.15, -0.1) is 0 Å². The number of anilines is 1. The highest BCUT2D eigenvalue weighted by Crippen LogP contribution is 2.26. The lowest BCUT2D eigenvalue weighted by Crippen LogP contribution is -2.38. The molecule has 0 aliphatic rings. The van der Waals surface area contributed by atoms with E-state index in [0.29, 0.717) is 6.04 Å². The normalized spacial score (nSPS) is 11.7. The zero-order chi connectivity index (χ0) is 17.5. The Bertz CT molecular complexity index is 474. The van der Waals surface area contributed by atoms with E-state index >= 15 is 0 Å². The van der Waals surface area contributed by atoms with Crippen molar-refractivity contribution in [3.63, 3.8) is 0 Å². The molecule has 1 heterocycles. The molecule has 0 saturated carbocycles. The molecule has 23 heavy (non-hydrogen) atoms. The Morgan fingerprint density at radius 3 is 2.22 bits per heavy atom. The fourth-order valence-electron chi connectivity index (χ4n) is 2.72. The minimum absolute atomic E-state index is 0.0482. The summed E-state index contributed by atoms with van der Waals surface area (Å²) in [5.41, 5.74) is 0.300. The summed E-state index contributed by atoms with van der Waals surface area (Å²) >= 11 is 0. The lowest BCUT2D eigenvalue weighted by Gasteiger charge is -2.35. The summed E-state index contributed by atoms with van der Waals surface area (Å²) in [5, 5.41) is 10.8. The molecule has 0 amide bonds. The number of hydrogen-bond donors (Lipinski definition) is 0. The van der Waals surface area contributed by atoms with Crippen molar-refractivity contribution in [3.8, 4) is 0 Å². The molecule has 1 aromatic heterocycles. The molecular weight excluding hydrogens is 290 g/mol. The Morgan fingerprint density at radius 1 is 1.22 bits per heavy atom. The van der Waals surface area contributed by atoms with Crippen LogP contribution in [0.15, 0.2) is 18.3 Å². The van der Waals surface area contributed by atoms with Crippen LogP contribution in [0.25, 0.3) is 0 Å². The lowest BCUT2D eigenvalue weighted by atomic mass is 9.91. The first-order valence-corrected chi connectivity index (χ1v) is 8.65. The molecule has 0 fully saturated rings. The Labute approximate surface area is 140 Å². The van der Waals surface area contributed by atoms with Crippen LogP contribution in [0.2, 0.25) is 0 Å². The predicted octanol–water partition coefficient (Wildman–Crippen LogP) is 5.20. The molecule has 0 aromatic carbocycles. The van der Waals surface area contributed by atoms with Crippen LogP contribution in [-0.2, 0) is 0 Å². The van der Waals surface area contributed by atoms with Gasteiger partial charge in [0.25, 0.3) is 5.69 Å². The molecule has 0 bridgehead atoms. The van der Waals surface area contributed by atoms with E-state index < -0.39 is 4.92 Å². The van der Waals surface area contributed by atoms with Gasteiger partial charge in [-0.05, 0) is 30.7 Å². The van der Waals surface area contributed by atoms with Gasteiger partial charge in [0.05, 0.1) is 4.92 Å². The maximum absolute atomic E-state index is 10.8. The van der Waals surface area contributed by atoms with Crippen molar-refractivity contribution < 1.29 is 4.92 Å². The largest absolute Gasteiger partial charge is 0.354 e. The summed E-state index contributed by atoms with van der Waals surface area (Å²) in [5.74, 6) is 0.853. The van der Waals surface area contributed by atoms with Crippen molar-refractivity contribution in [1.29, 1.82) is 0 Å². The number of nitro groups is 1. The van der Waals surface area contributed by atoms with Crippen molar-refractivity contribution in [2.45, 2.75) is 72.8 Å². The van der Waals surface area contributed by atoms with Crippen molar-refractivity contribution in [1.82, 2.24) is 4.98 Å². The standard InChI is InChI=1S/C18H31N3O2/c1-6-8-15(9-7-2)20(13-12-18(3,4)5)17-11-10-16(14-19-17)21(22)23/h10-11,14-15H,6-9,12-13H2,1-5H3. The molecule has 0 aliphatic heterocycles. The second-order valence-electron chi connectivity index (χ2n) is 7.37. The summed E-state index contributed by atoms with van der Waals surface area (Å²) < 4.78 is 0. The van der Waals surface area contributed by atoms with E-state index in [0.717, 1.165) is 44.5 Å². The average Bonchev–Trinajstić information content (AvgIpc) is 2.47. The van der Waals surface area contributed by atoms with Gasteiger partial charge >= 0.3 is 0 Å². The third-order valence-corrected chi connectivity index (χ3v) is 4.02. The lowest BCUT2D eigenvalue weighted by molar-refractivity contribution is -0.385. The highest BCUT2D eigenvalue weighted by molar-refractivity contribution is 5.44. The van der Waals surface area contributed by atoms with Gasteiger partial charge in [-0.25, -0.2) is 4.98 Å². The molecule has 5 nitrogen and oxygen atoms in total. The van der Waals surface area contributed by atoms with Crippen LogP contribution in [0.1, 0.15) is 66.7 Å². The van der Waals surface area contributed by atoms with E-state index in [1.807, 2.05) is 0 Å². The summed E-state index contributed by atoms with van der Waals surface area (Å²) in [6.07, 6.45) is 6.94. The van der Waals surface area contributed by atoms with E-state index in [-0.39, 0.29) is 11.1 Å². The first-order valence-electron chi connectivity index (χ1n) is 8.65. The van der Waals surface area contributed by atoms with Crippen LogP contribution in [-0.4, -0.2) is 22.5 Å². The van der Waals surface area contributed by atoms with Gasteiger partial charge in [-0.2, -0.15) is 0 Å². The molecule has 1 aromatic rings. The summed E-state index contributed by atoms with van der Waals surface area (Å²) in [6.45, 7) is 12.1. The van der Waals surface area contributed by atoms with Gasteiger partial charge in [-0.3, -0.25) is 10.1 Å². The smallest absolute Gasteiger partial charge is 0.287 e. The molecule has 0 atom stereocenters. The zero-order valence-corrected chi connectivity index (χ0v) is 15.2. The third kappa shape index (κ3) is 6.55. The molecule has 0 N–H and O–H groups in total. The monoisotopic (exact) mass is 321 g/mol. The summed E-state index contributed by atoms with van der Waals surface area (Å²) in [7, 11) is 0. The second-order valence-corrected chi connectivity index (χ2v) is 7.37. The fourth-order valence-corrected chi connectivity index (χ4v) is 2.72. The summed E-state index contributed by atoms with van der Waals surface area (Å²) in [4.78, 5) is 17.2. The fraction of sp³-hybridized carbons (Fsp3) is 0.722. The average molecular weight is 321 g/mol. The van der Waals surface area contributed by atoms with Crippen molar-refractivity contribution in [2.24, 2.45) is 5.41 Å². The maximum atomic E-state index is 10.8. The van der Waals surface area contributed by atoms with Crippen LogP contribution in [0.4, 0.5) is 11.5 Å². The van der Waals surface area contributed by atoms with E-state index in [1.165, 1.54) is 6.20 Å². The van der Waals surface area contributed by atoms with Gasteiger partial charge in [0.15, 0.2) is 0 Å². The van der Waals surface area contributed by atoms with Crippen LogP contribution in [0.5, 0.6) is 0 Å². The minimum Gasteiger partial charge on any atom is -0.354 e. The van der Waals surface area contributed by atoms with Crippen LogP contribution in [0.3, 0.4) is 0 Å². The summed E-state index contributed by atoms with van der Waals surface area (Å²) in [6, 6.07) is 3.79. The van der Waals surface area contributed by atoms with Gasteiger partial charge < -0.3 is 4.90 Å². The number of hydrogen-bond acceptors (Lipinski definition) is 4. The van der Waals surface area contributed by atoms with Crippen LogP contribution in [0, 0.1) is 15.5 Å². The molecular formula is C18H31N3O2. The highest BCUT2D eigenvalue weighted by Gasteiger charge is 2.22. The predicted molar refractivity (Wildman–Crippen MR) is 95.9 cm³/mol. The van der Waals surface area contributed by atoms with Gasteiger partial charge in [-0.1, -0.05) is 47.5 Å². The minimum atomic E-state index is -0.397. The Hall–Kier alpha value is -1.65. The van der Waals surface area contributed by atoms with Gasteiger partial charge in [0.2, 0.25) is 0 Å². The van der Waals surface area contributed by atoms with Crippen molar-refractivity contribution in [2.75, 3.05) is 11.4 Å². The second kappa shape index (κ2) is 8.85. The topological polar surface area (TPSA) is 59.3 Å². The number of rotatable bonds is 9. The Kier molecular flexibility index (Phi) is 7.46. The molecule has 1 rings (SSSR count). The first-order chi connectivity index (χ1) is 10.8. The van der Waals surface area contributed by atoms with Crippen molar-refractivity contribution in [3.05, 3.63) is 28.4 Å². The molecule has 0 aliphatic carbocycles. The zero-order valence-electron chi connectivity index (χ0n) is 15.2. The van der Waals surface area contributed by atoms with Crippen LogP contribution < -0.4 is 4.90 Å². The van der Waals surface area contributed by atoms with Crippen LogP contribution >= 0.6 is 0 Å². The SMILES string of the molecule is CCCC(CCC)N(CCC(C)(C)C)c1ccc([N+](=O)[O-])cn1. The molecule has 0 radical (unpaired) electrons.